The van der Waals surface area contributed by atoms with Crippen molar-refractivity contribution >= 4 is 23.3 Å². The van der Waals surface area contributed by atoms with Crippen LogP contribution in [0.5, 0.6) is 0 Å². The number of carbonyl (C=O) groups excluding carboxylic acids is 1. The molecule has 1 fully saturated rings. The summed E-state index contributed by atoms with van der Waals surface area (Å²) in [5, 5.41) is 7.01. The fraction of sp³-hybridized carbons (Fsp3) is 0.455. The molecular weight excluding hydrogens is 372 g/mol. The second-order valence-corrected chi connectivity index (χ2v) is 8.64. The van der Waals surface area contributed by atoms with Crippen LogP contribution in [-0.2, 0) is 24.8 Å². The number of amides is 2. The largest absolute Gasteiger partial charge is 0.334 e. The number of aryl methyl sites for hydroxylation is 2. The molecule has 0 atom stereocenters. The highest BCUT2D eigenvalue weighted by Crippen LogP contribution is 2.48. The van der Waals surface area contributed by atoms with Gasteiger partial charge < -0.3 is 10.6 Å². The van der Waals surface area contributed by atoms with Crippen molar-refractivity contribution in [2.24, 2.45) is 0 Å². The van der Waals surface area contributed by atoms with E-state index in [4.69, 9.17) is 11.6 Å². The van der Waals surface area contributed by atoms with E-state index in [2.05, 4.69) is 27.8 Å². The number of pyridine rings is 1. The van der Waals surface area contributed by atoms with E-state index in [1.165, 1.54) is 29.5 Å². The van der Waals surface area contributed by atoms with Crippen molar-refractivity contribution in [3.63, 3.8) is 0 Å². The quantitative estimate of drug-likeness (QED) is 0.763. The lowest BCUT2D eigenvalue weighted by atomic mass is 9.74. The fourth-order valence-electron chi connectivity index (χ4n) is 5.07. The molecule has 28 heavy (non-hydrogen) atoms. The van der Waals surface area contributed by atoms with E-state index in [1.807, 2.05) is 11.0 Å². The number of piperidine rings is 1. The first-order valence-electron chi connectivity index (χ1n) is 10.2. The maximum atomic E-state index is 13.1. The normalized spacial score (nSPS) is 19.5. The van der Waals surface area contributed by atoms with Gasteiger partial charge in [0.1, 0.15) is 5.15 Å². The number of anilines is 1. The molecule has 1 aliphatic carbocycles. The average Bonchev–Trinajstić information content (AvgIpc) is 3.28. The number of rotatable bonds is 2. The van der Waals surface area contributed by atoms with E-state index in [-0.39, 0.29) is 11.4 Å². The summed E-state index contributed by atoms with van der Waals surface area (Å²) >= 11 is 5.97. The lowest BCUT2D eigenvalue weighted by molar-refractivity contribution is 0.243. The van der Waals surface area contributed by atoms with Crippen LogP contribution in [0.25, 0.3) is 0 Å². The highest BCUT2D eigenvalue weighted by molar-refractivity contribution is 6.29. The van der Waals surface area contributed by atoms with Gasteiger partial charge in [-0.05, 0) is 85.6 Å². The fourth-order valence-corrected chi connectivity index (χ4v) is 5.27. The van der Waals surface area contributed by atoms with Crippen LogP contribution in [-0.4, -0.2) is 30.6 Å². The molecule has 0 saturated carbocycles. The number of urea groups is 1. The molecule has 5 nitrogen and oxygen atoms in total. The molecule has 1 spiro atoms. The van der Waals surface area contributed by atoms with Crippen LogP contribution in [0.15, 0.2) is 30.5 Å². The third-order valence-electron chi connectivity index (χ3n) is 6.57. The first kappa shape index (κ1) is 18.0. The summed E-state index contributed by atoms with van der Waals surface area (Å²) in [4.78, 5) is 19.1. The van der Waals surface area contributed by atoms with E-state index in [9.17, 15) is 4.79 Å². The Bertz CT molecular complexity index is 923. The van der Waals surface area contributed by atoms with Crippen molar-refractivity contribution in [3.05, 3.63) is 57.9 Å². The van der Waals surface area contributed by atoms with Gasteiger partial charge in [-0.1, -0.05) is 17.7 Å². The van der Waals surface area contributed by atoms with Gasteiger partial charge in [-0.2, -0.15) is 0 Å². The topological polar surface area (TPSA) is 57.3 Å². The van der Waals surface area contributed by atoms with Crippen LogP contribution in [0, 0.1) is 0 Å². The van der Waals surface area contributed by atoms with E-state index < -0.39 is 0 Å². The van der Waals surface area contributed by atoms with Gasteiger partial charge in [0.2, 0.25) is 0 Å². The molecule has 2 aromatic rings. The molecule has 2 aliphatic heterocycles. The molecule has 6 heteroatoms. The van der Waals surface area contributed by atoms with Gasteiger partial charge in [-0.25, -0.2) is 9.78 Å². The zero-order valence-electron chi connectivity index (χ0n) is 15.9. The van der Waals surface area contributed by atoms with Gasteiger partial charge in [0, 0.05) is 30.4 Å². The summed E-state index contributed by atoms with van der Waals surface area (Å²) in [7, 11) is 0. The van der Waals surface area contributed by atoms with Crippen LogP contribution in [0.4, 0.5) is 10.5 Å². The van der Waals surface area contributed by atoms with Crippen molar-refractivity contribution in [1.82, 2.24) is 15.6 Å². The molecule has 1 saturated heterocycles. The Morgan fingerprint density at radius 2 is 2.00 bits per heavy atom. The third kappa shape index (κ3) is 3.07. The third-order valence-corrected chi connectivity index (χ3v) is 6.78. The second-order valence-electron chi connectivity index (χ2n) is 8.25. The standard InChI is InChI=1S/C22H25ClN4O/c23-20-10-15(4-7-25-20)13-26-21(28)27-14-22(5-8-24-9-6-22)18-11-16-2-1-3-17(16)12-19(18)27/h4,7,10-12,24H,1-3,5-6,8-9,13-14H2,(H,26,28). The van der Waals surface area contributed by atoms with Crippen molar-refractivity contribution in [3.8, 4) is 0 Å². The molecule has 0 bridgehead atoms. The van der Waals surface area contributed by atoms with Crippen molar-refractivity contribution in [1.29, 1.82) is 0 Å². The number of nitrogens with zero attached hydrogens (tertiary/aromatic N) is 2. The van der Waals surface area contributed by atoms with E-state index >= 15 is 0 Å². The second kappa shape index (κ2) is 7.05. The minimum absolute atomic E-state index is 0.0254. The Labute approximate surface area is 170 Å². The maximum Gasteiger partial charge on any atom is 0.322 e. The summed E-state index contributed by atoms with van der Waals surface area (Å²) in [6.45, 7) is 3.26. The van der Waals surface area contributed by atoms with E-state index in [1.54, 1.807) is 12.3 Å². The average molecular weight is 397 g/mol. The molecule has 3 aliphatic rings. The predicted molar refractivity (Wildman–Crippen MR) is 111 cm³/mol. The molecule has 1 aromatic carbocycles. The smallest absolute Gasteiger partial charge is 0.322 e. The van der Waals surface area contributed by atoms with Crippen LogP contribution in [0.2, 0.25) is 5.15 Å². The Kier molecular flexibility index (Phi) is 4.52. The van der Waals surface area contributed by atoms with Crippen LogP contribution in [0.1, 0.15) is 41.5 Å². The van der Waals surface area contributed by atoms with Gasteiger partial charge in [0.25, 0.3) is 0 Å². The maximum absolute atomic E-state index is 13.1. The molecule has 5 rings (SSSR count). The van der Waals surface area contributed by atoms with Crippen LogP contribution >= 0.6 is 11.6 Å². The number of benzene rings is 1. The number of aromatic nitrogens is 1. The van der Waals surface area contributed by atoms with Crippen molar-refractivity contribution in [2.75, 3.05) is 24.5 Å². The van der Waals surface area contributed by atoms with Gasteiger partial charge in [0.05, 0.1) is 0 Å². The first-order chi connectivity index (χ1) is 13.6. The number of fused-ring (bicyclic) bond motifs is 3. The minimum Gasteiger partial charge on any atom is -0.334 e. The molecule has 2 N–H and O–H groups in total. The van der Waals surface area contributed by atoms with Gasteiger partial charge in [0.15, 0.2) is 0 Å². The molecule has 0 unspecified atom stereocenters. The van der Waals surface area contributed by atoms with Gasteiger partial charge in [-0.3, -0.25) is 4.90 Å². The highest BCUT2D eigenvalue weighted by atomic mass is 35.5. The van der Waals surface area contributed by atoms with Gasteiger partial charge >= 0.3 is 6.03 Å². The van der Waals surface area contributed by atoms with Crippen LogP contribution < -0.4 is 15.5 Å². The lowest BCUT2D eigenvalue weighted by Gasteiger charge is -2.34. The minimum atomic E-state index is -0.0254. The monoisotopic (exact) mass is 396 g/mol. The Hall–Kier alpha value is -2.11. The molecule has 2 amide bonds. The lowest BCUT2D eigenvalue weighted by Crippen LogP contribution is -2.46. The van der Waals surface area contributed by atoms with Crippen molar-refractivity contribution in [2.45, 2.75) is 44.1 Å². The Balaban J connectivity index is 1.43. The van der Waals surface area contributed by atoms with Gasteiger partial charge in [-0.15, -0.1) is 0 Å². The Morgan fingerprint density at radius 3 is 2.79 bits per heavy atom. The molecular formula is C22H25ClN4O. The number of hydrogen-bond donors (Lipinski definition) is 2. The summed E-state index contributed by atoms with van der Waals surface area (Å²) in [6.07, 6.45) is 7.36. The SMILES string of the molecule is O=C(NCc1ccnc(Cl)c1)N1CC2(CCNCC2)c2cc3c(cc21)CCC3. The first-order valence-corrected chi connectivity index (χ1v) is 10.6. The zero-order valence-corrected chi connectivity index (χ0v) is 16.7. The number of carbonyl (C=O) groups is 1. The van der Waals surface area contributed by atoms with Crippen LogP contribution in [0.3, 0.4) is 0 Å². The number of halogens is 1. The van der Waals surface area contributed by atoms with E-state index in [0.717, 1.165) is 50.1 Å². The number of nitrogens with one attached hydrogen (secondary N) is 2. The number of hydrogen-bond acceptors (Lipinski definition) is 3. The zero-order chi connectivity index (χ0) is 19.1. The predicted octanol–water partition coefficient (Wildman–Crippen LogP) is 3.57. The molecule has 146 valence electrons. The summed E-state index contributed by atoms with van der Waals surface area (Å²) < 4.78 is 0. The Morgan fingerprint density at radius 1 is 1.21 bits per heavy atom. The molecule has 1 aromatic heterocycles. The summed E-state index contributed by atoms with van der Waals surface area (Å²) in [6, 6.07) is 8.35. The molecule has 0 radical (unpaired) electrons. The molecule has 3 heterocycles. The summed E-state index contributed by atoms with van der Waals surface area (Å²) in [5.41, 5.74) is 6.46. The van der Waals surface area contributed by atoms with Crippen molar-refractivity contribution < 1.29 is 4.79 Å². The highest BCUT2D eigenvalue weighted by Gasteiger charge is 2.45. The van der Waals surface area contributed by atoms with E-state index in [0.29, 0.717) is 11.7 Å². The summed E-state index contributed by atoms with van der Waals surface area (Å²) in [5.74, 6) is 0.